The van der Waals surface area contributed by atoms with Crippen LogP contribution in [0, 0.1) is 6.92 Å². The lowest BCUT2D eigenvalue weighted by Crippen LogP contribution is -2.22. The number of halogens is 2. The van der Waals surface area contributed by atoms with E-state index in [0.717, 1.165) is 26.1 Å². The number of aromatic nitrogens is 1. The smallest absolute Gasteiger partial charge is 0.0485 e. The molecule has 0 bridgehead atoms. The van der Waals surface area contributed by atoms with Gasteiger partial charge in [0.2, 0.25) is 0 Å². The Morgan fingerprint density at radius 1 is 0.939 bits per heavy atom. The normalized spacial score (nSPS) is 15.1. The highest BCUT2D eigenvalue weighted by Crippen LogP contribution is 2.38. The Morgan fingerprint density at radius 2 is 1.73 bits per heavy atom. The summed E-state index contributed by atoms with van der Waals surface area (Å²) in [6.07, 6.45) is 11.6. The lowest BCUT2D eigenvalue weighted by molar-refractivity contribution is 0.360. The summed E-state index contributed by atoms with van der Waals surface area (Å²) in [6, 6.07) is 18.9. The highest BCUT2D eigenvalue weighted by atomic mass is 35.5. The molecule has 1 unspecified atom stereocenters. The van der Waals surface area contributed by atoms with Gasteiger partial charge in [-0.1, -0.05) is 67.3 Å². The van der Waals surface area contributed by atoms with Crippen LogP contribution in [-0.4, -0.2) is 31.2 Å². The number of fused-ring (bicyclic) bond motifs is 1. The van der Waals surface area contributed by atoms with Gasteiger partial charge in [-0.05, 0) is 76.5 Å². The highest BCUT2D eigenvalue weighted by molar-refractivity contribution is 5.86. The summed E-state index contributed by atoms with van der Waals surface area (Å²) in [6.45, 7) is 5.40. The molecule has 0 saturated heterocycles. The average Bonchev–Trinajstić information content (AvgIpc) is 3.19. The Kier molecular flexibility index (Phi) is 11.8. The molecule has 3 nitrogen and oxygen atoms in total. The van der Waals surface area contributed by atoms with Gasteiger partial charge in [0.1, 0.15) is 0 Å². The molecule has 33 heavy (non-hydrogen) atoms. The van der Waals surface area contributed by atoms with Gasteiger partial charge in [-0.3, -0.25) is 0 Å². The van der Waals surface area contributed by atoms with Crippen LogP contribution in [0.15, 0.2) is 54.7 Å². The van der Waals surface area contributed by atoms with Crippen LogP contribution in [0.4, 0.5) is 0 Å². The molecule has 182 valence electrons. The highest BCUT2D eigenvalue weighted by Gasteiger charge is 2.23. The van der Waals surface area contributed by atoms with Crippen LogP contribution in [0.1, 0.15) is 73.6 Å². The maximum Gasteiger partial charge on any atom is 0.0485 e. The van der Waals surface area contributed by atoms with E-state index in [1.807, 2.05) is 7.05 Å². The molecule has 2 aromatic carbocycles. The first-order valence-corrected chi connectivity index (χ1v) is 12.3. The molecule has 0 amide bonds. The minimum absolute atomic E-state index is 0. The fourth-order valence-corrected chi connectivity index (χ4v) is 5.32. The fraction of sp³-hybridized carbons (Fsp3) is 0.500. The summed E-state index contributed by atoms with van der Waals surface area (Å²) in [5, 5.41) is 8.35. The van der Waals surface area contributed by atoms with Crippen LogP contribution in [-0.2, 0) is 0 Å². The summed E-state index contributed by atoms with van der Waals surface area (Å²) in [5.74, 6) is 0.423. The third-order valence-corrected chi connectivity index (χ3v) is 6.95. The molecule has 2 N–H and O–H groups in total. The number of para-hydroxylation sites is 1. The minimum Gasteiger partial charge on any atom is -0.344 e. The van der Waals surface area contributed by atoms with Gasteiger partial charge in [-0.15, -0.1) is 24.8 Å². The van der Waals surface area contributed by atoms with E-state index in [1.54, 1.807) is 0 Å². The summed E-state index contributed by atoms with van der Waals surface area (Å²) in [7, 11) is 2.02. The molecule has 1 aliphatic rings. The van der Waals surface area contributed by atoms with E-state index < -0.39 is 0 Å². The molecular weight excluding hydrogens is 449 g/mol. The number of nitrogens with zero attached hydrogens (tertiary/aromatic N) is 1. The second-order valence-electron chi connectivity index (χ2n) is 9.26. The van der Waals surface area contributed by atoms with E-state index in [0.29, 0.717) is 12.0 Å². The summed E-state index contributed by atoms with van der Waals surface area (Å²) in [4.78, 5) is 0. The standard InChI is InChI=1S/C28H39N3.2ClH/c1-22-10-8-11-23(20-22)25(16-19-30-18-9-17-29-2)27-21-31(24-12-4-3-5-13-24)28-15-7-6-14-26(27)28;;/h6-8,10-11,14-15,20-21,24-25,29-30H,3-5,9,12-13,16-19H2,1-2H3;2*1H. The Bertz CT molecular complexity index is 963. The van der Waals surface area contributed by atoms with Gasteiger partial charge in [-0.2, -0.15) is 0 Å². The molecule has 0 radical (unpaired) electrons. The number of aryl methyl sites for hydroxylation is 1. The number of benzene rings is 2. The number of hydrogen-bond donors (Lipinski definition) is 2. The van der Waals surface area contributed by atoms with Crippen molar-refractivity contribution in [2.24, 2.45) is 0 Å². The van der Waals surface area contributed by atoms with Gasteiger partial charge in [0.05, 0.1) is 0 Å². The van der Waals surface area contributed by atoms with Gasteiger partial charge in [0, 0.05) is 29.1 Å². The first-order valence-electron chi connectivity index (χ1n) is 12.3. The van der Waals surface area contributed by atoms with Crippen molar-refractivity contribution in [3.05, 3.63) is 71.4 Å². The zero-order valence-corrected chi connectivity index (χ0v) is 21.8. The van der Waals surface area contributed by atoms with E-state index in [2.05, 4.69) is 76.9 Å². The van der Waals surface area contributed by atoms with Crippen LogP contribution in [0.5, 0.6) is 0 Å². The summed E-state index contributed by atoms with van der Waals surface area (Å²) < 4.78 is 2.62. The largest absolute Gasteiger partial charge is 0.344 e. The molecule has 1 heterocycles. The molecule has 1 fully saturated rings. The number of rotatable bonds is 10. The van der Waals surface area contributed by atoms with Crippen LogP contribution in [0.25, 0.3) is 10.9 Å². The van der Waals surface area contributed by atoms with E-state index in [1.165, 1.54) is 66.1 Å². The molecule has 3 aromatic rings. The van der Waals surface area contributed by atoms with Crippen molar-refractivity contribution in [2.75, 3.05) is 26.7 Å². The van der Waals surface area contributed by atoms with Crippen LogP contribution in [0.2, 0.25) is 0 Å². The maximum atomic E-state index is 3.68. The molecule has 4 rings (SSSR count). The van der Waals surface area contributed by atoms with Crippen LogP contribution >= 0.6 is 24.8 Å². The first-order chi connectivity index (χ1) is 15.3. The first kappa shape index (κ1) is 27.7. The van der Waals surface area contributed by atoms with Gasteiger partial charge in [0.25, 0.3) is 0 Å². The molecule has 1 aliphatic carbocycles. The van der Waals surface area contributed by atoms with E-state index in [9.17, 15) is 0 Å². The SMILES string of the molecule is CNCCCNCCC(c1cccc(C)c1)c1cn(C2CCCCC2)c2ccccc12.Cl.Cl. The second kappa shape index (κ2) is 14.0. The molecule has 1 saturated carbocycles. The molecule has 0 aliphatic heterocycles. The molecular formula is C28H41Cl2N3. The van der Waals surface area contributed by atoms with Crippen LogP contribution in [0.3, 0.4) is 0 Å². The van der Waals surface area contributed by atoms with Gasteiger partial charge >= 0.3 is 0 Å². The Balaban J connectivity index is 0.00000193. The van der Waals surface area contributed by atoms with E-state index >= 15 is 0 Å². The Morgan fingerprint density at radius 3 is 2.48 bits per heavy atom. The van der Waals surface area contributed by atoms with Gasteiger partial charge < -0.3 is 15.2 Å². The number of hydrogen-bond acceptors (Lipinski definition) is 2. The molecule has 1 atom stereocenters. The maximum absolute atomic E-state index is 3.68. The van der Waals surface area contributed by atoms with Gasteiger partial charge in [0.15, 0.2) is 0 Å². The Hall–Kier alpha value is -1.52. The second-order valence-corrected chi connectivity index (χ2v) is 9.26. The van der Waals surface area contributed by atoms with Crippen molar-refractivity contribution in [1.29, 1.82) is 0 Å². The zero-order chi connectivity index (χ0) is 21.5. The topological polar surface area (TPSA) is 29.0 Å². The average molecular weight is 491 g/mol. The minimum atomic E-state index is 0. The summed E-state index contributed by atoms with van der Waals surface area (Å²) in [5.41, 5.74) is 5.72. The lowest BCUT2D eigenvalue weighted by atomic mass is 9.87. The van der Waals surface area contributed by atoms with Crippen molar-refractivity contribution >= 4 is 35.7 Å². The van der Waals surface area contributed by atoms with Crippen molar-refractivity contribution in [3.8, 4) is 0 Å². The third kappa shape index (κ3) is 6.99. The monoisotopic (exact) mass is 489 g/mol. The molecule has 1 aromatic heterocycles. The van der Waals surface area contributed by atoms with Crippen molar-refractivity contribution in [1.82, 2.24) is 15.2 Å². The van der Waals surface area contributed by atoms with E-state index in [-0.39, 0.29) is 24.8 Å². The zero-order valence-electron chi connectivity index (χ0n) is 20.2. The lowest BCUT2D eigenvalue weighted by Gasteiger charge is -2.24. The van der Waals surface area contributed by atoms with Crippen molar-refractivity contribution in [3.63, 3.8) is 0 Å². The Labute approximate surface area is 212 Å². The third-order valence-electron chi connectivity index (χ3n) is 6.95. The predicted octanol–water partition coefficient (Wildman–Crippen LogP) is 7.02. The quantitative estimate of drug-likeness (QED) is 0.299. The molecule has 5 heteroatoms. The number of nitrogens with one attached hydrogen (secondary N) is 2. The van der Waals surface area contributed by atoms with Gasteiger partial charge in [-0.25, -0.2) is 0 Å². The predicted molar refractivity (Wildman–Crippen MR) is 148 cm³/mol. The van der Waals surface area contributed by atoms with Crippen molar-refractivity contribution < 1.29 is 0 Å². The van der Waals surface area contributed by atoms with Crippen molar-refractivity contribution in [2.45, 2.75) is 63.8 Å². The summed E-state index contributed by atoms with van der Waals surface area (Å²) >= 11 is 0. The van der Waals surface area contributed by atoms with Crippen LogP contribution < -0.4 is 10.6 Å². The fourth-order valence-electron chi connectivity index (χ4n) is 5.32. The molecule has 0 spiro atoms. The van der Waals surface area contributed by atoms with E-state index in [4.69, 9.17) is 0 Å².